The molecule has 7 nitrogen and oxygen atoms in total. The number of fused-ring (bicyclic) bond motifs is 1. The van der Waals surface area contributed by atoms with Crippen molar-refractivity contribution in [3.63, 3.8) is 0 Å². The second-order valence-corrected chi connectivity index (χ2v) is 7.75. The van der Waals surface area contributed by atoms with Crippen LogP contribution in [0.15, 0.2) is 122 Å². The van der Waals surface area contributed by atoms with Crippen LogP contribution >= 0.6 is 0 Å². The number of allylic oxidation sites excluding steroid dienone is 3. The van der Waals surface area contributed by atoms with Crippen LogP contribution in [0.2, 0.25) is 0 Å². The van der Waals surface area contributed by atoms with E-state index in [0.29, 0.717) is 0 Å². The standard InChI is InChI=1S/C19H14N2.3C3H6O.C2H6N2.Ru/c1-3-9-15(10-4-1)19-20-17-13-7-8-14-18(17)21(19)16-11-5-2-6-12-16;3*1-3(2)4;1-2(3)4;/h1-14H;3*4H,1H2,2H3;1H3,(H3,3,4);/q;;;;;+3/p-3. The van der Waals surface area contributed by atoms with E-state index in [4.69, 9.17) is 16.1 Å². The molecule has 1 aromatic heterocycles. The van der Waals surface area contributed by atoms with Crippen molar-refractivity contribution in [2.75, 3.05) is 0 Å². The minimum absolute atomic E-state index is 0. The Morgan fingerprint density at radius 1 is 0.711 bits per heavy atom. The van der Waals surface area contributed by atoms with E-state index < -0.39 is 0 Å². The summed E-state index contributed by atoms with van der Waals surface area (Å²) >= 11 is 0. The van der Waals surface area contributed by atoms with Crippen LogP contribution in [0, 0.1) is 5.41 Å². The monoisotopic (exact) mass is 601 g/mol. The van der Waals surface area contributed by atoms with Crippen LogP contribution < -0.4 is 21.1 Å². The molecule has 0 unspecified atom stereocenters. The number of para-hydroxylation sites is 3. The van der Waals surface area contributed by atoms with E-state index in [1.165, 1.54) is 27.7 Å². The van der Waals surface area contributed by atoms with Gasteiger partial charge in [-0.05, 0) is 31.2 Å². The van der Waals surface area contributed by atoms with Crippen molar-refractivity contribution in [1.29, 1.82) is 5.41 Å². The molecule has 0 atom stereocenters. The van der Waals surface area contributed by atoms with Crippen molar-refractivity contribution < 1.29 is 34.8 Å². The molecule has 1 heterocycles. The van der Waals surface area contributed by atoms with E-state index in [-0.39, 0.29) is 42.6 Å². The molecule has 0 aliphatic carbocycles. The fraction of sp³-hybridized carbons (Fsp3) is 0.133. The normalized spacial score (nSPS) is 8.63. The smallest absolute Gasteiger partial charge is 0.876 e. The van der Waals surface area contributed by atoms with Gasteiger partial charge in [0.2, 0.25) is 0 Å². The van der Waals surface area contributed by atoms with Gasteiger partial charge in [0, 0.05) is 11.3 Å². The number of benzene rings is 3. The number of nitrogens with two attached hydrogens (primary N) is 1. The van der Waals surface area contributed by atoms with E-state index in [1.807, 2.05) is 30.3 Å². The quantitative estimate of drug-likeness (QED) is 0.153. The van der Waals surface area contributed by atoms with Crippen LogP contribution in [-0.2, 0) is 19.5 Å². The fourth-order valence-corrected chi connectivity index (χ4v) is 2.65. The Bertz CT molecular complexity index is 1210. The van der Waals surface area contributed by atoms with E-state index in [9.17, 15) is 15.3 Å². The van der Waals surface area contributed by atoms with Gasteiger partial charge in [-0.3, -0.25) is 9.98 Å². The molecule has 0 aliphatic rings. The maximum absolute atomic E-state index is 9.33. The average molecular weight is 601 g/mol. The van der Waals surface area contributed by atoms with Gasteiger partial charge in [-0.2, -0.15) is 0 Å². The van der Waals surface area contributed by atoms with Crippen LogP contribution in [0.1, 0.15) is 27.7 Å². The number of nitrogens with zero attached hydrogens (tertiary/aromatic N) is 2. The van der Waals surface area contributed by atoms with Crippen molar-refractivity contribution in [3.8, 4) is 17.1 Å². The van der Waals surface area contributed by atoms with Crippen LogP contribution in [-0.4, -0.2) is 15.4 Å². The first kappa shape index (κ1) is 36.0. The zero-order chi connectivity index (χ0) is 28.4. The number of hydrogen-bond donors (Lipinski definition) is 2. The SMILES string of the molecule is C=C(C)[O-].C=C(C)[O-].C=C(C)[O-].CC(=N)N.[Ru+3].c1ccc(-c2nc3ccccc3n2-c2ccccc2)cc1. The molecule has 38 heavy (non-hydrogen) atoms. The molecule has 3 N–H and O–H groups in total. The zero-order valence-electron chi connectivity index (χ0n) is 22.3. The second-order valence-electron chi connectivity index (χ2n) is 7.75. The first-order chi connectivity index (χ1) is 17.4. The third-order valence-electron chi connectivity index (χ3n) is 3.61. The molecule has 8 heteroatoms. The van der Waals surface area contributed by atoms with Gasteiger partial charge in [0.25, 0.3) is 0 Å². The molecule has 3 aromatic carbocycles. The molecule has 4 rings (SSSR count). The van der Waals surface area contributed by atoms with Gasteiger partial charge in [0.1, 0.15) is 5.82 Å². The summed E-state index contributed by atoms with van der Waals surface area (Å²) in [6.45, 7) is 14.8. The Balaban J connectivity index is 0. The fourth-order valence-electron chi connectivity index (χ4n) is 2.65. The Morgan fingerprint density at radius 2 is 1.05 bits per heavy atom. The van der Waals surface area contributed by atoms with Crippen LogP contribution in [0.4, 0.5) is 0 Å². The Morgan fingerprint density at radius 3 is 1.47 bits per heavy atom. The van der Waals surface area contributed by atoms with Crippen molar-refractivity contribution in [2.24, 2.45) is 5.73 Å². The van der Waals surface area contributed by atoms with Gasteiger partial charge in [0.15, 0.2) is 0 Å². The third kappa shape index (κ3) is 16.5. The molecule has 0 saturated heterocycles. The Hall–Kier alpha value is -4.16. The molecule has 0 spiro atoms. The molecule has 0 fully saturated rings. The van der Waals surface area contributed by atoms with E-state index in [0.717, 1.165) is 28.1 Å². The molecule has 201 valence electrons. The minimum atomic E-state index is -0.0833. The molecule has 0 bridgehead atoms. The summed E-state index contributed by atoms with van der Waals surface area (Å²) in [4.78, 5) is 4.82. The first-order valence-electron chi connectivity index (χ1n) is 11.2. The van der Waals surface area contributed by atoms with Gasteiger partial charge < -0.3 is 21.1 Å². The molecular weight excluding hydrogens is 565 g/mol. The number of amidine groups is 1. The van der Waals surface area contributed by atoms with Crippen molar-refractivity contribution in [3.05, 3.63) is 122 Å². The molecule has 0 aliphatic heterocycles. The number of nitrogens with one attached hydrogen (secondary N) is 1. The average Bonchev–Trinajstić information content (AvgIpc) is 3.18. The largest absolute Gasteiger partial charge is 3.00 e. The second kappa shape index (κ2) is 20.0. The summed E-state index contributed by atoms with van der Waals surface area (Å²) < 4.78 is 2.21. The number of aromatic nitrogens is 2. The van der Waals surface area contributed by atoms with Crippen molar-refractivity contribution >= 4 is 16.9 Å². The summed E-state index contributed by atoms with van der Waals surface area (Å²) in [6.07, 6.45) is 0. The van der Waals surface area contributed by atoms with Gasteiger partial charge in [0.05, 0.1) is 16.9 Å². The van der Waals surface area contributed by atoms with E-state index in [2.05, 4.69) is 78.9 Å². The summed E-state index contributed by atoms with van der Waals surface area (Å²) in [5, 5.41) is 34.3. The molecule has 0 amide bonds. The maximum atomic E-state index is 9.33. The molecule has 0 saturated carbocycles. The van der Waals surface area contributed by atoms with Crippen LogP contribution in [0.25, 0.3) is 28.1 Å². The first-order valence-corrected chi connectivity index (χ1v) is 11.2. The summed E-state index contributed by atoms with van der Waals surface area (Å²) in [7, 11) is 0. The predicted molar refractivity (Wildman–Crippen MR) is 149 cm³/mol. The minimum Gasteiger partial charge on any atom is -0.876 e. The van der Waals surface area contributed by atoms with Crippen LogP contribution in [0.3, 0.4) is 0 Å². The number of imidazole rings is 1. The molecule has 1 radical (unpaired) electrons. The number of rotatable bonds is 2. The van der Waals surface area contributed by atoms with E-state index in [1.54, 1.807) is 0 Å². The Labute approximate surface area is 238 Å². The van der Waals surface area contributed by atoms with Gasteiger partial charge >= 0.3 is 19.5 Å². The number of hydrogen-bond acceptors (Lipinski definition) is 5. The summed E-state index contributed by atoms with van der Waals surface area (Å²) in [6, 6.07) is 28.9. The van der Waals surface area contributed by atoms with Gasteiger partial charge in [-0.25, -0.2) is 4.98 Å². The maximum Gasteiger partial charge on any atom is 3.00 e. The Kier molecular flexibility index (Phi) is 18.9. The van der Waals surface area contributed by atoms with E-state index >= 15 is 0 Å². The molecule has 4 aromatic rings. The predicted octanol–water partition coefficient (Wildman–Crippen LogP) is 4.27. The zero-order valence-corrected chi connectivity index (χ0v) is 24.0. The topological polar surface area (TPSA) is 137 Å². The van der Waals surface area contributed by atoms with Crippen molar-refractivity contribution in [1.82, 2.24) is 9.55 Å². The summed E-state index contributed by atoms with van der Waals surface area (Å²) in [5.41, 5.74) is 9.09. The van der Waals surface area contributed by atoms with Crippen LogP contribution in [0.5, 0.6) is 0 Å². The van der Waals surface area contributed by atoms with Gasteiger partial charge in [-0.15, -0.1) is 37.0 Å². The van der Waals surface area contributed by atoms with Gasteiger partial charge in [-0.1, -0.05) is 81.4 Å². The molecular formula is C30H35N4O3Ru. The summed E-state index contributed by atoms with van der Waals surface area (Å²) in [5.74, 6) is 0.892. The van der Waals surface area contributed by atoms with Crippen molar-refractivity contribution in [2.45, 2.75) is 27.7 Å². The third-order valence-corrected chi connectivity index (χ3v) is 3.61.